The summed E-state index contributed by atoms with van der Waals surface area (Å²) in [5.41, 5.74) is 5.67. The second-order valence-corrected chi connectivity index (χ2v) is 12.8. The summed E-state index contributed by atoms with van der Waals surface area (Å²) in [6.45, 7) is 5.21. The number of aliphatic carboxylic acids is 1. The van der Waals surface area contributed by atoms with E-state index in [1.165, 1.54) is 114 Å². The molecule has 0 saturated heterocycles. The average molecular weight is 666 g/mol. The molecule has 0 aliphatic rings. The Bertz CT molecular complexity index is 1180. The molecule has 1 aromatic carbocycles. The number of hydrazine groups is 1. The number of amides is 1. The van der Waals surface area contributed by atoms with E-state index in [1.807, 2.05) is 31.5 Å². The van der Waals surface area contributed by atoms with Crippen molar-refractivity contribution in [3.05, 3.63) is 59.9 Å². The molecule has 47 heavy (non-hydrogen) atoms. The lowest BCUT2D eigenvalue weighted by molar-refractivity contribution is -0.697. The van der Waals surface area contributed by atoms with Gasteiger partial charge in [0.05, 0.1) is 5.69 Å². The van der Waals surface area contributed by atoms with Crippen molar-refractivity contribution >= 4 is 17.6 Å². The third kappa shape index (κ3) is 14.2. The maximum atomic E-state index is 13.7. The minimum Gasteiger partial charge on any atom is -0.544 e. The fourth-order valence-electron chi connectivity index (χ4n) is 5.71. The van der Waals surface area contributed by atoms with Crippen LogP contribution in [0.2, 0.25) is 0 Å². The lowest BCUT2D eigenvalue weighted by Crippen LogP contribution is -2.61. The summed E-state index contributed by atoms with van der Waals surface area (Å²) in [6, 6.07) is 10.6. The first-order valence-corrected chi connectivity index (χ1v) is 17.6. The zero-order valence-corrected chi connectivity index (χ0v) is 28.3. The predicted octanol–water partition coefficient (Wildman–Crippen LogP) is 8.44. The number of carbonyl (C=O) groups is 2. The molecule has 1 heterocycles. The van der Waals surface area contributed by atoms with Crippen LogP contribution >= 0.6 is 0 Å². The highest BCUT2D eigenvalue weighted by atomic mass is 19.3. The Labute approximate surface area is 278 Å². The lowest BCUT2D eigenvalue weighted by atomic mass is 9.93. The second-order valence-electron chi connectivity index (χ2n) is 12.8. The van der Waals surface area contributed by atoms with Gasteiger partial charge in [-0.3, -0.25) is 15.6 Å². The van der Waals surface area contributed by atoms with Gasteiger partial charge in [-0.25, -0.2) is 4.57 Å². The summed E-state index contributed by atoms with van der Waals surface area (Å²) in [4.78, 5) is 22.1. The normalized spacial score (nSPS) is 12.6. The Morgan fingerprint density at radius 3 is 1.68 bits per heavy atom. The van der Waals surface area contributed by atoms with E-state index in [0.29, 0.717) is 12.0 Å². The van der Waals surface area contributed by atoms with Crippen molar-refractivity contribution < 1.29 is 36.8 Å². The predicted molar refractivity (Wildman–Crippen MR) is 176 cm³/mol. The first-order chi connectivity index (χ1) is 22.5. The van der Waals surface area contributed by atoms with Crippen LogP contribution in [-0.4, -0.2) is 23.7 Å². The van der Waals surface area contributed by atoms with Crippen LogP contribution in [0.4, 0.5) is 23.2 Å². The maximum Gasteiger partial charge on any atom is 0.393 e. The summed E-state index contributed by atoms with van der Waals surface area (Å²) in [5.74, 6) is -17.0. The second kappa shape index (κ2) is 21.7. The Kier molecular flexibility index (Phi) is 18.4. The van der Waals surface area contributed by atoms with Crippen LogP contribution in [0, 0.1) is 0 Å². The number of para-hydroxylation sites is 1. The van der Waals surface area contributed by atoms with Crippen molar-refractivity contribution in [1.29, 1.82) is 0 Å². The number of nitrogens with zero attached hydrogens (tertiary/aromatic N) is 1. The van der Waals surface area contributed by atoms with Crippen molar-refractivity contribution in [2.75, 3.05) is 5.43 Å². The van der Waals surface area contributed by atoms with Gasteiger partial charge < -0.3 is 9.90 Å². The molecule has 1 atom stereocenters. The number of hydrogen-bond donors (Lipinski definition) is 2. The molecule has 2 aromatic rings. The van der Waals surface area contributed by atoms with Gasteiger partial charge in [0.2, 0.25) is 0 Å². The van der Waals surface area contributed by atoms with E-state index in [-0.39, 0.29) is 11.6 Å². The van der Waals surface area contributed by atoms with Gasteiger partial charge in [-0.15, -0.1) is 0 Å². The number of carboxylic acids is 1. The van der Waals surface area contributed by atoms with E-state index in [4.69, 9.17) is 0 Å². The third-order valence-electron chi connectivity index (χ3n) is 8.80. The fourth-order valence-corrected chi connectivity index (χ4v) is 5.71. The fraction of sp³-hybridized carbons (Fsp3) is 0.649. The molecule has 0 fully saturated rings. The summed E-state index contributed by atoms with van der Waals surface area (Å²) < 4.78 is 56.2. The third-order valence-corrected chi connectivity index (χ3v) is 8.80. The topological polar surface area (TPSA) is 85.1 Å². The number of alkyl halides is 4. The number of unbranched alkanes of at least 4 members (excludes halogenated alkanes) is 16. The van der Waals surface area contributed by atoms with E-state index in [1.54, 1.807) is 18.2 Å². The Morgan fingerprint density at radius 2 is 1.19 bits per heavy atom. The number of hydrogen-bond acceptors (Lipinski definition) is 4. The van der Waals surface area contributed by atoms with Gasteiger partial charge in [0.1, 0.15) is 12.5 Å². The maximum absolute atomic E-state index is 13.7. The summed E-state index contributed by atoms with van der Waals surface area (Å²) in [5, 5.41) is 10.4. The smallest absolute Gasteiger partial charge is 0.393 e. The van der Waals surface area contributed by atoms with Crippen LogP contribution in [0.25, 0.3) is 0 Å². The summed E-state index contributed by atoms with van der Waals surface area (Å²) in [7, 11) is 0. The molecule has 10 heteroatoms. The number of aryl methyl sites for hydroxylation is 1. The molecular formula is C37H55F4N3O3. The van der Waals surface area contributed by atoms with E-state index >= 15 is 0 Å². The molecule has 0 radical (unpaired) electrons. The molecule has 0 aliphatic heterocycles. The average Bonchev–Trinajstić information content (AvgIpc) is 3.05. The number of carboxylic acid groups (broad SMARTS) is 1. The molecule has 2 rings (SSSR count). The molecule has 1 aromatic heterocycles. The van der Waals surface area contributed by atoms with Crippen LogP contribution in [0.15, 0.2) is 48.8 Å². The number of rotatable bonds is 26. The van der Waals surface area contributed by atoms with Gasteiger partial charge in [0.15, 0.2) is 12.4 Å². The van der Waals surface area contributed by atoms with Crippen molar-refractivity contribution in [2.24, 2.45) is 0 Å². The molecule has 0 aliphatic carbocycles. The molecule has 2 N–H and O–H groups in total. The van der Waals surface area contributed by atoms with E-state index < -0.39 is 23.7 Å². The van der Waals surface area contributed by atoms with E-state index in [0.717, 1.165) is 18.5 Å². The van der Waals surface area contributed by atoms with Gasteiger partial charge in [0, 0.05) is 18.6 Å². The zero-order valence-electron chi connectivity index (χ0n) is 28.3. The first-order valence-electron chi connectivity index (χ1n) is 17.6. The van der Waals surface area contributed by atoms with Crippen molar-refractivity contribution in [2.45, 2.75) is 154 Å². The van der Waals surface area contributed by atoms with Crippen LogP contribution in [-0.2, 0) is 22.6 Å². The first kappa shape index (κ1) is 40.0. The number of aromatic nitrogens is 1. The molecule has 1 amide bonds. The highest BCUT2D eigenvalue weighted by Gasteiger charge is 2.63. The van der Waals surface area contributed by atoms with Gasteiger partial charge >= 0.3 is 17.8 Å². The molecule has 0 spiro atoms. The van der Waals surface area contributed by atoms with Gasteiger partial charge in [-0.1, -0.05) is 128 Å². The standard InChI is InChI=1S/C37H55F4N3O3/c1-3-4-5-6-7-8-9-10-11-12-13-14-15-16-17-18-21-26-44-27-24-31(25-28-44)30(2)29-32-22-19-20-23-33(32)42-43-34(45)36(38,39)37(40,41)35(46)47/h19-20,22-25,27-28,30,42H,3-18,21,26,29H2,1-2H3,(H-,43,45,46,47). The van der Waals surface area contributed by atoms with Crippen LogP contribution in [0.5, 0.6) is 0 Å². The van der Waals surface area contributed by atoms with E-state index in [2.05, 4.69) is 16.9 Å². The van der Waals surface area contributed by atoms with Gasteiger partial charge in [-0.05, 0) is 36.0 Å². The highest BCUT2D eigenvalue weighted by molar-refractivity contribution is 5.92. The largest absolute Gasteiger partial charge is 0.544 e. The SMILES string of the molecule is CCCCCCCCCCCCCCCCCCC[n+]1ccc(C(C)Cc2ccccc2NNC(=O)C(F)(F)C(F)(F)C(=O)[O-])cc1. The monoisotopic (exact) mass is 665 g/mol. The van der Waals surface area contributed by atoms with Crippen molar-refractivity contribution in [3.63, 3.8) is 0 Å². The molecule has 264 valence electrons. The highest BCUT2D eigenvalue weighted by Crippen LogP contribution is 2.34. The molecule has 0 saturated carbocycles. The number of pyridine rings is 1. The number of halogens is 4. The minimum atomic E-state index is -5.66. The number of carbonyl (C=O) groups excluding carboxylic acids is 2. The Morgan fingerprint density at radius 1 is 0.723 bits per heavy atom. The lowest BCUT2D eigenvalue weighted by Gasteiger charge is -2.26. The molecule has 1 unspecified atom stereocenters. The number of benzene rings is 1. The quantitative estimate of drug-likeness (QED) is 0.0457. The minimum absolute atomic E-state index is 0.0208. The van der Waals surface area contributed by atoms with Crippen LogP contribution in [0.3, 0.4) is 0 Å². The zero-order chi connectivity index (χ0) is 34.5. The van der Waals surface area contributed by atoms with Crippen LogP contribution in [0.1, 0.15) is 140 Å². The summed E-state index contributed by atoms with van der Waals surface area (Å²) >= 11 is 0. The Hall–Kier alpha value is -3.17. The van der Waals surface area contributed by atoms with Crippen LogP contribution < -0.4 is 20.5 Å². The van der Waals surface area contributed by atoms with E-state index in [9.17, 15) is 32.3 Å². The van der Waals surface area contributed by atoms with Crippen molar-refractivity contribution in [3.8, 4) is 0 Å². The number of anilines is 1. The van der Waals surface area contributed by atoms with Gasteiger partial charge in [0.25, 0.3) is 0 Å². The summed E-state index contributed by atoms with van der Waals surface area (Å²) in [6.07, 6.45) is 27.4. The number of nitrogens with one attached hydrogen (secondary N) is 2. The Balaban J connectivity index is 1.63. The molecular weight excluding hydrogens is 610 g/mol. The van der Waals surface area contributed by atoms with Crippen molar-refractivity contribution in [1.82, 2.24) is 5.43 Å². The molecule has 0 bridgehead atoms. The molecule has 6 nitrogen and oxygen atoms in total. The van der Waals surface area contributed by atoms with Gasteiger partial charge in [-0.2, -0.15) is 17.6 Å².